The fraction of sp³-hybridized carbons (Fsp3) is 0.455. The number of carbonyl (C=O) groups excluding carboxylic acids is 2. The van der Waals surface area contributed by atoms with Crippen LogP contribution in [0.15, 0.2) is 22.7 Å². The van der Waals surface area contributed by atoms with Crippen molar-refractivity contribution in [1.29, 1.82) is 0 Å². The lowest BCUT2D eigenvalue weighted by atomic mass is 10.2. The van der Waals surface area contributed by atoms with Gasteiger partial charge in [-0.2, -0.15) is 0 Å². The van der Waals surface area contributed by atoms with Crippen molar-refractivity contribution in [2.24, 2.45) is 0 Å². The van der Waals surface area contributed by atoms with Crippen molar-refractivity contribution in [1.82, 2.24) is 14.8 Å². The summed E-state index contributed by atoms with van der Waals surface area (Å²) >= 11 is 4.48. The van der Waals surface area contributed by atoms with Crippen molar-refractivity contribution < 1.29 is 14.3 Å². The van der Waals surface area contributed by atoms with E-state index >= 15 is 0 Å². The highest BCUT2D eigenvalue weighted by atomic mass is 32.2. The molecule has 0 unspecified atom stereocenters. The van der Waals surface area contributed by atoms with Crippen LogP contribution in [0.4, 0.5) is 5.00 Å². The number of ether oxygens (including phenoxy) is 1. The fourth-order valence-electron chi connectivity index (χ4n) is 3.13. The summed E-state index contributed by atoms with van der Waals surface area (Å²) in [6.07, 6.45) is 2.95. The second-order valence-corrected chi connectivity index (χ2v) is 10.0. The monoisotopic (exact) mass is 492 g/mol. The summed E-state index contributed by atoms with van der Waals surface area (Å²) in [6.45, 7) is 8.98. The van der Waals surface area contributed by atoms with Crippen molar-refractivity contribution in [3.8, 4) is 11.4 Å². The van der Waals surface area contributed by atoms with Crippen LogP contribution in [-0.2, 0) is 28.9 Å². The second-order valence-electron chi connectivity index (χ2n) is 6.97. The number of hydrogen-bond acceptors (Lipinski definition) is 8. The van der Waals surface area contributed by atoms with Gasteiger partial charge in [-0.25, -0.2) is 4.79 Å². The molecule has 32 heavy (non-hydrogen) atoms. The van der Waals surface area contributed by atoms with Gasteiger partial charge < -0.3 is 14.6 Å². The number of esters is 1. The molecule has 3 heterocycles. The normalized spacial score (nSPS) is 11.0. The van der Waals surface area contributed by atoms with Crippen molar-refractivity contribution in [3.05, 3.63) is 32.8 Å². The second kappa shape index (κ2) is 11.6. The number of aromatic nitrogens is 3. The first-order valence-corrected chi connectivity index (χ1v) is 13.4. The van der Waals surface area contributed by atoms with Gasteiger partial charge in [0.1, 0.15) is 5.00 Å². The van der Waals surface area contributed by atoms with Crippen LogP contribution in [0, 0.1) is 0 Å². The maximum atomic E-state index is 12.6. The van der Waals surface area contributed by atoms with E-state index in [0.29, 0.717) is 28.9 Å². The van der Waals surface area contributed by atoms with Gasteiger partial charge in [0.05, 0.1) is 17.9 Å². The van der Waals surface area contributed by atoms with Gasteiger partial charge in [-0.3, -0.25) is 4.79 Å². The quantitative estimate of drug-likeness (QED) is 0.281. The lowest BCUT2D eigenvalue weighted by Crippen LogP contribution is -2.16. The van der Waals surface area contributed by atoms with Gasteiger partial charge >= 0.3 is 5.97 Å². The topological polar surface area (TPSA) is 86.1 Å². The minimum atomic E-state index is -0.417. The van der Waals surface area contributed by atoms with Crippen molar-refractivity contribution in [2.45, 2.75) is 58.7 Å². The van der Waals surface area contributed by atoms with E-state index in [1.54, 1.807) is 24.3 Å². The summed E-state index contributed by atoms with van der Waals surface area (Å²) in [4.78, 5) is 27.2. The summed E-state index contributed by atoms with van der Waals surface area (Å²) < 4.78 is 7.15. The molecular formula is C22H28N4O3S3. The molecule has 0 bridgehead atoms. The maximum absolute atomic E-state index is 12.6. The van der Waals surface area contributed by atoms with E-state index in [4.69, 9.17) is 4.74 Å². The zero-order valence-electron chi connectivity index (χ0n) is 18.8. The van der Waals surface area contributed by atoms with Crippen LogP contribution in [-0.4, -0.2) is 39.0 Å². The lowest BCUT2D eigenvalue weighted by Gasteiger charge is -2.07. The Morgan fingerprint density at radius 2 is 1.97 bits per heavy atom. The minimum Gasteiger partial charge on any atom is -0.462 e. The Hall–Kier alpha value is -2.17. The molecule has 0 aliphatic heterocycles. The molecule has 7 nitrogen and oxygen atoms in total. The number of anilines is 1. The number of carbonyl (C=O) groups is 2. The molecule has 10 heteroatoms. The average Bonchev–Trinajstić information content (AvgIpc) is 3.50. The van der Waals surface area contributed by atoms with Crippen LogP contribution in [0.3, 0.4) is 0 Å². The predicted molar refractivity (Wildman–Crippen MR) is 132 cm³/mol. The summed E-state index contributed by atoms with van der Waals surface area (Å²) in [5, 5.41) is 14.9. The third-order valence-corrected chi connectivity index (χ3v) is 7.81. The van der Waals surface area contributed by atoms with Crippen LogP contribution in [0.25, 0.3) is 11.4 Å². The first-order valence-electron chi connectivity index (χ1n) is 10.7. The van der Waals surface area contributed by atoms with E-state index in [-0.39, 0.29) is 11.7 Å². The average molecular weight is 493 g/mol. The molecule has 3 aromatic rings. The summed E-state index contributed by atoms with van der Waals surface area (Å²) in [7, 11) is 0. The Bertz CT molecular complexity index is 1070. The number of rotatable bonds is 11. The van der Waals surface area contributed by atoms with E-state index < -0.39 is 5.97 Å². The first-order chi connectivity index (χ1) is 15.5. The predicted octanol–water partition coefficient (Wildman–Crippen LogP) is 5.51. The molecule has 1 N–H and O–H groups in total. The van der Waals surface area contributed by atoms with Gasteiger partial charge in [-0.15, -0.1) is 32.9 Å². The Morgan fingerprint density at radius 3 is 2.66 bits per heavy atom. The summed E-state index contributed by atoms with van der Waals surface area (Å²) in [5.41, 5.74) is 1.47. The number of nitrogens with one attached hydrogen (secondary N) is 1. The molecular weight excluding hydrogens is 464 g/mol. The molecule has 0 aromatic carbocycles. The molecule has 172 valence electrons. The highest BCUT2D eigenvalue weighted by Gasteiger charge is 2.20. The number of amides is 1. The van der Waals surface area contributed by atoms with Gasteiger partial charge in [0.15, 0.2) is 11.0 Å². The Morgan fingerprint density at radius 1 is 1.16 bits per heavy atom. The molecule has 0 atom stereocenters. The molecule has 0 aliphatic rings. The SMILES string of the molecule is CCCc1cc(-c2nnc(SCC(=O)Nc3sc(CC)cc3C(=O)OCC)n2CC)cs1. The number of hydrogen-bond donors (Lipinski definition) is 1. The Labute approximate surface area is 200 Å². The number of thiophene rings is 2. The fourth-order valence-corrected chi connectivity index (χ4v) is 5.90. The van der Waals surface area contributed by atoms with Gasteiger partial charge in [0.25, 0.3) is 0 Å². The highest BCUT2D eigenvalue weighted by Crippen LogP contribution is 2.31. The van der Waals surface area contributed by atoms with Crippen LogP contribution in [0.2, 0.25) is 0 Å². The van der Waals surface area contributed by atoms with Gasteiger partial charge in [0, 0.05) is 27.2 Å². The van der Waals surface area contributed by atoms with E-state index in [1.807, 2.05) is 18.4 Å². The summed E-state index contributed by atoms with van der Waals surface area (Å²) in [5.74, 6) is 0.382. The maximum Gasteiger partial charge on any atom is 0.341 e. The summed E-state index contributed by atoms with van der Waals surface area (Å²) in [6, 6.07) is 3.96. The van der Waals surface area contributed by atoms with Crippen LogP contribution in [0.5, 0.6) is 0 Å². The van der Waals surface area contributed by atoms with Crippen LogP contribution >= 0.6 is 34.4 Å². The van der Waals surface area contributed by atoms with Gasteiger partial charge in [-0.05, 0) is 38.8 Å². The molecule has 0 spiro atoms. The van der Waals surface area contributed by atoms with Crippen molar-refractivity contribution in [2.75, 3.05) is 17.7 Å². The molecule has 1 amide bonds. The third kappa shape index (κ3) is 5.79. The molecule has 3 aromatic heterocycles. The van der Waals surface area contributed by atoms with E-state index in [9.17, 15) is 9.59 Å². The Balaban J connectivity index is 1.68. The zero-order valence-corrected chi connectivity index (χ0v) is 21.2. The molecule has 0 radical (unpaired) electrons. The van der Waals surface area contributed by atoms with E-state index in [0.717, 1.165) is 35.5 Å². The molecule has 0 aliphatic carbocycles. The van der Waals surface area contributed by atoms with Crippen LogP contribution in [0.1, 0.15) is 54.2 Å². The van der Waals surface area contributed by atoms with Gasteiger partial charge in [0.2, 0.25) is 5.91 Å². The largest absolute Gasteiger partial charge is 0.462 e. The minimum absolute atomic E-state index is 0.171. The number of aryl methyl sites for hydroxylation is 2. The Kier molecular flexibility index (Phi) is 8.89. The number of thioether (sulfide) groups is 1. The molecule has 0 saturated heterocycles. The van der Waals surface area contributed by atoms with Crippen molar-refractivity contribution >= 4 is 51.3 Å². The van der Waals surface area contributed by atoms with Crippen molar-refractivity contribution in [3.63, 3.8) is 0 Å². The highest BCUT2D eigenvalue weighted by molar-refractivity contribution is 7.99. The standard InChI is InChI=1S/C22H28N4O3S3/c1-5-9-16-10-14(12-30-16)19-24-25-22(26(19)7-3)31-13-18(27)23-20-17(21(28)29-8-4)11-15(6-2)32-20/h10-12H,5-9,13H2,1-4H3,(H,23,27). The first kappa shape index (κ1) is 24.5. The molecule has 0 saturated carbocycles. The van der Waals surface area contributed by atoms with Gasteiger partial charge in [-0.1, -0.05) is 32.0 Å². The third-order valence-electron chi connectivity index (χ3n) is 4.65. The molecule has 3 rings (SSSR count). The zero-order chi connectivity index (χ0) is 23.1. The molecule has 0 fully saturated rings. The van der Waals surface area contributed by atoms with E-state index in [1.165, 1.54) is 28.0 Å². The smallest absolute Gasteiger partial charge is 0.341 e. The number of nitrogens with zero attached hydrogens (tertiary/aromatic N) is 3. The lowest BCUT2D eigenvalue weighted by molar-refractivity contribution is -0.113. The van der Waals surface area contributed by atoms with Crippen LogP contribution < -0.4 is 5.32 Å². The van der Waals surface area contributed by atoms with E-state index in [2.05, 4.69) is 33.9 Å².